The van der Waals surface area contributed by atoms with Crippen LogP contribution < -0.4 is 4.16 Å². The van der Waals surface area contributed by atoms with Gasteiger partial charge in [0, 0.05) is 22.1 Å². The van der Waals surface area contributed by atoms with E-state index in [9.17, 15) is 0 Å². The zero-order valence-electron chi connectivity index (χ0n) is 18.4. The van der Waals surface area contributed by atoms with Gasteiger partial charge in [0.1, 0.15) is 0 Å². The van der Waals surface area contributed by atoms with Crippen molar-refractivity contribution in [2.45, 2.75) is 0 Å². The molecular weight excluding hydrogens is 753 g/mol. The van der Waals surface area contributed by atoms with Crippen molar-refractivity contribution in [1.82, 2.24) is 19.9 Å². The maximum absolute atomic E-state index is 4.63. The molecule has 0 unspecified atom stereocenters. The summed E-state index contributed by atoms with van der Waals surface area (Å²) in [7, 11) is 0. The third kappa shape index (κ3) is 6.77. The summed E-state index contributed by atoms with van der Waals surface area (Å²) in [5.41, 5.74) is 7.86. The molecule has 0 amide bonds. The number of aromatic nitrogens is 4. The summed E-state index contributed by atoms with van der Waals surface area (Å²) < 4.78 is 1.27. The van der Waals surface area contributed by atoms with E-state index in [1.807, 2.05) is 66.8 Å². The zero-order valence-corrected chi connectivity index (χ0v) is 27.7. The van der Waals surface area contributed by atoms with E-state index in [1.54, 1.807) is 0 Å². The summed E-state index contributed by atoms with van der Waals surface area (Å²) in [6.45, 7) is 0. The molecule has 0 radical (unpaired) electrons. The molecule has 3 aromatic heterocycles. The summed E-state index contributed by atoms with van der Waals surface area (Å²) in [5.74, 6) is -3.15. The van der Waals surface area contributed by atoms with E-state index in [1.165, 1.54) is 4.16 Å². The van der Waals surface area contributed by atoms with Gasteiger partial charge in [-0.2, -0.15) is 0 Å². The molecule has 0 spiro atoms. The Morgan fingerprint density at radius 3 is 1.11 bits per heavy atom. The van der Waals surface area contributed by atoms with Gasteiger partial charge in [-0.05, 0) is 72.8 Å². The average molecular weight is 772 g/mol. The van der Waals surface area contributed by atoms with Crippen molar-refractivity contribution in [3.8, 4) is 0 Å². The van der Waals surface area contributed by atoms with E-state index >= 15 is 0 Å². The quantitative estimate of drug-likeness (QED) is 0.164. The molecular formula is C26H19Br4N4Zn. The van der Waals surface area contributed by atoms with Gasteiger partial charge in [-0.25, -0.2) is 9.97 Å². The topological polar surface area (TPSA) is 57.4 Å². The van der Waals surface area contributed by atoms with Crippen LogP contribution in [-0.2, 0) is 5.76 Å². The van der Waals surface area contributed by atoms with Gasteiger partial charge in [-0.15, -0.1) is 0 Å². The molecule has 35 heavy (non-hydrogen) atoms. The molecule has 0 fully saturated rings. The summed E-state index contributed by atoms with van der Waals surface area (Å²) in [6, 6.07) is 26.6. The molecule has 8 bridgehead atoms. The van der Waals surface area contributed by atoms with Crippen molar-refractivity contribution in [1.29, 1.82) is 0 Å². The Hall–Kier alpha value is -1.64. The van der Waals surface area contributed by atoms with E-state index in [4.69, 9.17) is 0 Å². The van der Waals surface area contributed by atoms with Crippen molar-refractivity contribution in [2.75, 3.05) is 0 Å². The first kappa shape index (κ1) is 25.0. The molecule has 5 heterocycles. The molecule has 2 N–H and O–H groups in total. The second-order valence-corrected chi connectivity index (χ2v) is 109. The number of nitrogens with one attached hydrogen (secondary N) is 2. The van der Waals surface area contributed by atoms with Crippen molar-refractivity contribution in [2.24, 2.45) is 0 Å². The number of hydrogen-bond donors (Lipinski definition) is 2. The summed E-state index contributed by atoms with van der Waals surface area (Å²) >= 11 is 14.6. The normalized spacial score (nSPS) is 12.8. The van der Waals surface area contributed by atoms with Crippen LogP contribution in [0, 0.1) is 0 Å². The van der Waals surface area contributed by atoms with Crippen molar-refractivity contribution >= 4 is 105 Å². The van der Waals surface area contributed by atoms with Crippen LogP contribution in [0.5, 0.6) is 0 Å². The minimum atomic E-state index is -3.15. The third-order valence-electron chi connectivity index (χ3n) is 5.50. The first-order chi connectivity index (χ1) is 16.7. The predicted octanol–water partition coefficient (Wildman–Crippen LogP) is 8.90. The molecule has 0 atom stereocenters. The number of fused-ring (bicyclic) bond motifs is 8. The van der Waals surface area contributed by atoms with Gasteiger partial charge in [0.25, 0.3) is 0 Å². The molecule has 0 saturated carbocycles. The fraction of sp³-hybridized carbons (Fsp3) is 0. The number of rotatable bonds is 1. The van der Waals surface area contributed by atoms with Crippen LogP contribution in [0.3, 0.4) is 0 Å². The molecule has 2 aliphatic rings. The zero-order chi connectivity index (χ0) is 24.5. The van der Waals surface area contributed by atoms with Gasteiger partial charge in [-0.3, -0.25) is 0 Å². The number of nitrogens with zero attached hydrogens (tertiary/aromatic N) is 2. The van der Waals surface area contributed by atoms with E-state index in [0.29, 0.717) is 0 Å². The van der Waals surface area contributed by atoms with Crippen LogP contribution in [0.4, 0.5) is 0 Å². The third-order valence-corrected chi connectivity index (χ3v) is 22.5. The molecule has 2 aliphatic heterocycles. The van der Waals surface area contributed by atoms with Crippen LogP contribution in [0.25, 0.3) is 46.4 Å². The predicted molar refractivity (Wildman–Crippen MR) is 161 cm³/mol. The molecule has 6 rings (SSSR count). The van der Waals surface area contributed by atoms with Crippen LogP contribution in [-0.4, -0.2) is 19.9 Å². The SMILES string of the molecule is C1=Cc2cc3ccc(cc4nc(cc5ccc(cc1n2)[nH]5)C=C4)[nH]3.[Br][Zn]([Br])([Br])([Br])[c]1ccccc1. The van der Waals surface area contributed by atoms with E-state index in [0.717, 1.165) is 44.8 Å². The Bertz CT molecular complexity index is 1430. The van der Waals surface area contributed by atoms with Gasteiger partial charge in [-0.1, -0.05) is 0 Å². The number of aromatic amines is 2. The minimum absolute atomic E-state index is 0.939. The Morgan fingerprint density at radius 1 is 0.486 bits per heavy atom. The first-order valence-corrected chi connectivity index (χ1v) is 40.5. The van der Waals surface area contributed by atoms with Gasteiger partial charge in [0.15, 0.2) is 0 Å². The Balaban J connectivity index is 0.000000195. The summed E-state index contributed by atoms with van der Waals surface area (Å²) in [4.78, 5) is 16.0. The number of H-pyrrole nitrogens is 2. The fourth-order valence-corrected chi connectivity index (χ4v) is 13.6. The summed E-state index contributed by atoms with van der Waals surface area (Å²) in [5, 5.41) is 0. The fourth-order valence-electron chi connectivity index (χ4n) is 3.78. The molecule has 1 aromatic carbocycles. The van der Waals surface area contributed by atoms with Crippen LogP contribution in [0.1, 0.15) is 22.8 Å². The molecule has 4 aromatic rings. The van der Waals surface area contributed by atoms with Gasteiger partial charge < -0.3 is 9.97 Å². The molecule has 9 heteroatoms. The van der Waals surface area contributed by atoms with Crippen molar-refractivity contribution in [3.63, 3.8) is 0 Å². The van der Waals surface area contributed by atoms with Gasteiger partial charge >= 0.3 is 94.7 Å². The molecule has 0 saturated heterocycles. The average Bonchev–Trinajstić information content (AvgIpc) is 3.60. The maximum atomic E-state index is 4.63. The summed E-state index contributed by atoms with van der Waals surface area (Å²) in [6.07, 6.45) is 8.09. The van der Waals surface area contributed by atoms with Crippen LogP contribution >= 0.6 is 54.5 Å². The van der Waals surface area contributed by atoms with E-state index in [2.05, 4.69) is 111 Å². The molecule has 173 valence electrons. The van der Waals surface area contributed by atoms with Gasteiger partial charge in [0.05, 0.1) is 22.8 Å². The standard InChI is InChI=1S/C20H14N4.C6H5.4BrH.Zn/c1-2-14-10-16-5-6-18(23-16)12-20-8-7-19(24-20)11-17-4-3-15(22-17)9-13(1)21-14;1-2-4-6-5-3-1;;;;;/h1-12,21,24H;1-5H;4*1H;/q;;;;;;+4/p-4. The Kier molecular flexibility index (Phi) is 7.17. The van der Waals surface area contributed by atoms with Crippen LogP contribution in [0.15, 0.2) is 78.9 Å². The second-order valence-electron chi connectivity index (χ2n) is 8.53. The number of benzene rings is 1. The van der Waals surface area contributed by atoms with Crippen molar-refractivity contribution in [3.05, 3.63) is 102 Å². The Morgan fingerprint density at radius 2 is 0.829 bits per heavy atom. The van der Waals surface area contributed by atoms with Gasteiger partial charge in [0.2, 0.25) is 0 Å². The molecule has 4 nitrogen and oxygen atoms in total. The Labute approximate surface area is 230 Å². The van der Waals surface area contributed by atoms with E-state index < -0.39 is 5.76 Å². The van der Waals surface area contributed by atoms with Crippen molar-refractivity contribution < 1.29 is 5.76 Å². The van der Waals surface area contributed by atoms with E-state index in [-0.39, 0.29) is 0 Å². The molecule has 0 aliphatic carbocycles. The monoisotopic (exact) mass is 767 g/mol. The number of hydrogen-bond acceptors (Lipinski definition) is 2. The number of halogens is 4. The van der Waals surface area contributed by atoms with Crippen LogP contribution in [0.2, 0.25) is 0 Å². The first-order valence-electron chi connectivity index (χ1n) is 11.2. The second kappa shape index (κ2) is 10.0.